The molecule has 0 spiro atoms. The van der Waals surface area contributed by atoms with Gasteiger partial charge in [0.05, 0.1) is 36.3 Å². The van der Waals surface area contributed by atoms with Crippen molar-refractivity contribution in [1.82, 2.24) is 9.97 Å². The number of nitrogens with zero attached hydrogens (tertiary/aromatic N) is 4. The molecule has 7 nitrogen and oxygen atoms in total. The van der Waals surface area contributed by atoms with Crippen molar-refractivity contribution in [2.24, 2.45) is 0 Å². The zero-order valence-electron chi connectivity index (χ0n) is 16.1. The summed E-state index contributed by atoms with van der Waals surface area (Å²) in [5.74, 6) is 0.679. The molecule has 3 aromatic rings. The Kier molecular flexibility index (Phi) is 5.39. The number of anilines is 3. The van der Waals surface area contributed by atoms with Crippen LogP contribution in [-0.4, -0.2) is 47.0 Å². The van der Waals surface area contributed by atoms with E-state index in [1.807, 2.05) is 36.4 Å². The number of amides is 1. The Morgan fingerprint density at radius 2 is 1.83 bits per heavy atom. The van der Waals surface area contributed by atoms with Gasteiger partial charge >= 0.3 is 6.09 Å². The van der Waals surface area contributed by atoms with Gasteiger partial charge in [-0.15, -0.1) is 0 Å². The van der Waals surface area contributed by atoms with Crippen molar-refractivity contribution in [2.75, 3.05) is 29.6 Å². The number of hydrogen-bond acceptors (Lipinski definition) is 5. The standard InChI is InChI=1S/C22H22N4O3/c1-16-15-29-14-13-25(16)21-23-12-11-20(24-21)17-7-9-19(10-8-17)26(22(27)28)18-5-3-2-4-6-18/h2-12,16H,13-15H2,1H3,(H,27,28). The maximum absolute atomic E-state index is 11.8. The third kappa shape index (κ3) is 4.05. The number of para-hydroxylation sites is 1. The van der Waals surface area contributed by atoms with E-state index in [1.54, 1.807) is 30.5 Å². The van der Waals surface area contributed by atoms with Crippen LogP contribution in [0.4, 0.5) is 22.1 Å². The minimum absolute atomic E-state index is 0.219. The number of morpholine rings is 1. The van der Waals surface area contributed by atoms with Crippen molar-refractivity contribution in [1.29, 1.82) is 0 Å². The summed E-state index contributed by atoms with van der Waals surface area (Å²) in [7, 11) is 0. The average Bonchev–Trinajstić information content (AvgIpc) is 2.75. The van der Waals surface area contributed by atoms with Crippen LogP contribution in [0, 0.1) is 0 Å². The van der Waals surface area contributed by atoms with Crippen LogP contribution < -0.4 is 9.80 Å². The van der Waals surface area contributed by atoms with E-state index in [2.05, 4.69) is 16.8 Å². The van der Waals surface area contributed by atoms with Crippen LogP contribution in [0.1, 0.15) is 6.92 Å². The fourth-order valence-corrected chi connectivity index (χ4v) is 3.40. The fraction of sp³-hybridized carbons (Fsp3) is 0.227. The summed E-state index contributed by atoms with van der Waals surface area (Å²) in [4.78, 5) is 24.3. The van der Waals surface area contributed by atoms with Gasteiger partial charge in [-0.2, -0.15) is 0 Å². The lowest BCUT2D eigenvalue weighted by Gasteiger charge is -2.33. The first kappa shape index (κ1) is 18.9. The first-order valence-electron chi connectivity index (χ1n) is 9.49. The smallest absolute Gasteiger partial charge is 0.416 e. The van der Waals surface area contributed by atoms with Crippen molar-refractivity contribution in [3.63, 3.8) is 0 Å². The molecule has 1 aliphatic heterocycles. The molecule has 4 rings (SSSR count). The second-order valence-corrected chi connectivity index (χ2v) is 6.86. The normalized spacial score (nSPS) is 16.4. The van der Waals surface area contributed by atoms with E-state index >= 15 is 0 Å². The number of hydrogen-bond donors (Lipinski definition) is 1. The number of rotatable bonds is 4. The molecular weight excluding hydrogens is 368 g/mol. The van der Waals surface area contributed by atoms with Gasteiger partial charge in [-0.3, -0.25) is 0 Å². The summed E-state index contributed by atoms with van der Waals surface area (Å²) in [6.07, 6.45) is 0.718. The second kappa shape index (κ2) is 8.28. The highest BCUT2D eigenvalue weighted by Gasteiger charge is 2.22. The SMILES string of the molecule is CC1COCCN1c1nccc(-c2ccc(N(C(=O)O)c3ccccc3)cc2)n1. The molecule has 1 N–H and O–H groups in total. The lowest BCUT2D eigenvalue weighted by molar-refractivity contribution is 0.0981. The minimum atomic E-state index is -1.03. The number of carboxylic acid groups (broad SMARTS) is 1. The van der Waals surface area contributed by atoms with Crippen LogP contribution in [-0.2, 0) is 4.74 Å². The molecule has 29 heavy (non-hydrogen) atoms. The van der Waals surface area contributed by atoms with Gasteiger partial charge in [-0.25, -0.2) is 19.7 Å². The van der Waals surface area contributed by atoms with E-state index in [9.17, 15) is 9.90 Å². The highest BCUT2D eigenvalue weighted by Crippen LogP contribution is 2.28. The summed E-state index contributed by atoms with van der Waals surface area (Å²) in [6.45, 7) is 4.17. The molecule has 1 unspecified atom stereocenters. The first-order valence-corrected chi connectivity index (χ1v) is 9.49. The Morgan fingerprint density at radius 1 is 1.10 bits per heavy atom. The molecule has 1 saturated heterocycles. The molecule has 0 radical (unpaired) electrons. The van der Waals surface area contributed by atoms with Gasteiger partial charge < -0.3 is 14.7 Å². The van der Waals surface area contributed by atoms with Gasteiger partial charge in [0.25, 0.3) is 0 Å². The van der Waals surface area contributed by atoms with Crippen molar-refractivity contribution in [2.45, 2.75) is 13.0 Å². The molecular formula is C22H22N4O3. The van der Waals surface area contributed by atoms with Gasteiger partial charge in [0, 0.05) is 18.3 Å². The van der Waals surface area contributed by atoms with E-state index in [0.717, 1.165) is 17.8 Å². The van der Waals surface area contributed by atoms with Crippen LogP contribution in [0.15, 0.2) is 66.9 Å². The van der Waals surface area contributed by atoms with Gasteiger partial charge in [0.2, 0.25) is 5.95 Å². The highest BCUT2D eigenvalue weighted by atomic mass is 16.5. The quantitative estimate of drug-likeness (QED) is 0.720. The molecule has 1 atom stereocenters. The topological polar surface area (TPSA) is 78.8 Å². The molecule has 0 saturated carbocycles. The maximum Gasteiger partial charge on any atom is 0.416 e. The molecule has 148 valence electrons. The van der Waals surface area contributed by atoms with Crippen LogP contribution >= 0.6 is 0 Å². The predicted molar refractivity (Wildman–Crippen MR) is 112 cm³/mol. The van der Waals surface area contributed by atoms with Gasteiger partial charge in [-0.1, -0.05) is 30.3 Å². The lowest BCUT2D eigenvalue weighted by Crippen LogP contribution is -2.44. The van der Waals surface area contributed by atoms with E-state index in [0.29, 0.717) is 30.5 Å². The second-order valence-electron chi connectivity index (χ2n) is 6.86. The maximum atomic E-state index is 11.8. The molecule has 1 aromatic heterocycles. The van der Waals surface area contributed by atoms with Crippen molar-refractivity contribution >= 4 is 23.4 Å². The summed E-state index contributed by atoms with van der Waals surface area (Å²) in [5.41, 5.74) is 2.86. The molecule has 2 aromatic carbocycles. The molecule has 0 aliphatic carbocycles. The molecule has 7 heteroatoms. The van der Waals surface area contributed by atoms with Crippen LogP contribution in [0.25, 0.3) is 11.3 Å². The average molecular weight is 390 g/mol. The van der Waals surface area contributed by atoms with Crippen molar-refractivity contribution < 1.29 is 14.6 Å². The Bertz CT molecular complexity index is 979. The largest absolute Gasteiger partial charge is 0.464 e. The zero-order chi connectivity index (χ0) is 20.2. The first-order chi connectivity index (χ1) is 14.1. The zero-order valence-corrected chi connectivity index (χ0v) is 16.1. The highest BCUT2D eigenvalue weighted by molar-refractivity contribution is 5.95. The predicted octanol–water partition coefficient (Wildman–Crippen LogP) is 4.18. The fourth-order valence-electron chi connectivity index (χ4n) is 3.40. The Balaban J connectivity index is 1.61. The summed E-state index contributed by atoms with van der Waals surface area (Å²) in [6, 6.07) is 18.4. The van der Waals surface area contributed by atoms with E-state index in [1.165, 1.54) is 4.90 Å². The van der Waals surface area contributed by atoms with Gasteiger partial charge in [-0.05, 0) is 37.3 Å². The Morgan fingerprint density at radius 3 is 2.52 bits per heavy atom. The van der Waals surface area contributed by atoms with E-state index in [4.69, 9.17) is 9.72 Å². The molecule has 0 bridgehead atoms. The third-order valence-corrected chi connectivity index (χ3v) is 4.89. The number of carbonyl (C=O) groups is 1. The molecule has 1 fully saturated rings. The molecule has 1 aliphatic rings. The van der Waals surface area contributed by atoms with Crippen LogP contribution in [0.3, 0.4) is 0 Å². The number of ether oxygens (including phenoxy) is 1. The minimum Gasteiger partial charge on any atom is -0.464 e. The number of aromatic nitrogens is 2. The number of benzene rings is 2. The third-order valence-electron chi connectivity index (χ3n) is 4.89. The van der Waals surface area contributed by atoms with Crippen molar-refractivity contribution in [3.8, 4) is 11.3 Å². The van der Waals surface area contributed by atoms with E-state index < -0.39 is 6.09 Å². The van der Waals surface area contributed by atoms with Crippen LogP contribution in [0.5, 0.6) is 0 Å². The van der Waals surface area contributed by atoms with E-state index in [-0.39, 0.29) is 6.04 Å². The van der Waals surface area contributed by atoms with Gasteiger partial charge in [0.1, 0.15) is 0 Å². The lowest BCUT2D eigenvalue weighted by atomic mass is 10.1. The summed E-state index contributed by atoms with van der Waals surface area (Å²) < 4.78 is 5.49. The molecule has 1 amide bonds. The Labute approximate surface area is 169 Å². The van der Waals surface area contributed by atoms with Crippen LogP contribution in [0.2, 0.25) is 0 Å². The Hall–Kier alpha value is -3.45. The summed E-state index contributed by atoms with van der Waals surface area (Å²) >= 11 is 0. The molecule has 2 heterocycles. The summed E-state index contributed by atoms with van der Waals surface area (Å²) in [5, 5.41) is 9.66. The van der Waals surface area contributed by atoms with Gasteiger partial charge in [0.15, 0.2) is 0 Å². The monoisotopic (exact) mass is 390 g/mol. The van der Waals surface area contributed by atoms with Crippen molar-refractivity contribution in [3.05, 3.63) is 66.9 Å².